The molecule has 0 bridgehead atoms. The SMILES string of the molecule is CC1=NN(c2ccc(C)cc2C)C(=O)[C@H]1C(=O)Nc1ccnn1C(C)C. The number of carbonyl (C=O) groups excluding carboxylic acids is 2. The summed E-state index contributed by atoms with van der Waals surface area (Å²) in [6.07, 6.45) is 1.62. The lowest BCUT2D eigenvalue weighted by atomic mass is 10.0. The number of nitrogens with zero attached hydrogens (tertiary/aromatic N) is 4. The quantitative estimate of drug-likeness (QED) is 0.858. The van der Waals surface area contributed by atoms with Crippen LogP contribution in [0.25, 0.3) is 0 Å². The van der Waals surface area contributed by atoms with E-state index >= 15 is 0 Å². The summed E-state index contributed by atoms with van der Waals surface area (Å²) < 4.78 is 1.70. The van der Waals surface area contributed by atoms with Gasteiger partial charge in [-0.3, -0.25) is 9.59 Å². The molecule has 7 heteroatoms. The largest absolute Gasteiger partial charge is 0.310 e. The molecule has 7 nitrogen and oxygen atoms in total. The summed E-state index contributed by atoms with van der Waals surface area (Å²) >= 11 is 0. The fraction of sp³-hybridized carbons (Fsp3) is 0.368. The highest BCUT2D eigenvalue weighted by molar-refractivity contribution is 6.28. The Kier molecular flexibility index (Phi) is 4.63. The van der Waals surface area contributed by atoms with Gasteiger partial charge in [0.2, 0.25) is 5.91 Å². The summed E-state index contributed by atoms with van der Waals surface area (Å²) in [5, 5.41) is 12.7. The predicted octanol–water partition coefficient (Wildman–Crippen LogP) is 3.06. The molecule has 3 rings (SSSR count). The molecule has 0 unspecified atom stereocenters. The van der Waals surface area contributed by atoms with Crippen LogP contribution >= 0.6 is 0 Å². The van der Waals surface area contributed by atoms with Gasteiger partial charge in [0.1, 0.15) is 5.82 Å². The number of aromatic nitrogens is 2. The summed E-state index contributed by atoms with van der Waals surface area (Å²) in [4.78, 5) is 25.6. The van der Waals surface area contributed by atoms with E-state index < -0.39 is 11.8 Å². The molecule has 1 aliphatic heterocycles. The maximum absolute atomic E-state index is 12.9. The number of amides is 2. The van der Waals surface area contributed by atoms with E-state index in [1.54, 1.807) is 23.9 Å². The molecule has 0 radical (unpaired) electrons. The molecule has 1 aromatic heterocycles. The molecule has 2 heterocycles. The molecule has 1 aliphatic rings. The van der Waals surface area contributed by atoms with Gasteiger partial charge in [-0.05, 0) is 46.2 Å². The molecular formula is C19H23N5O2. The molecule has 0 spiro atoms. The normalized spacial score (nSPS) is 17.0. The summed E-state index contributed by atoms with van der Waals surface area (Å²) in [6, 6.07) is 7.58. The van der Waals surface area contributed by atoms with Crippen LogP contribution < -0.4 is 10.3 Å². The lowest BCUT2D eigenvalue weighted by Crippen LogP contribution is -2.36. The number of hydrazone groups is 1. The Bertz CT molecular complexity index is 897. The fourth-order valence-electron chi connectivity index (χ4n) is 3.11. The first-order valence-corrected chi connectivity index (χ1v) is 8.60. The van der Waals surface area contributed by atoms with E-state index in [2.05, 4.69) is 15.5 Å². The number of nitrogens with one attached hydrogen (secondary N) is 1. The predicted molar refractivity (Wildman–Crippen MR) is 101 cm³/mol. The monoisotopic (exact) mass is 353 g/mol. The molecule has 0 saturated carbocycles. The fourth-order valence-corrected chi connectivity index (χ4v) is 3.11. The Labute approximate surface area is 152 Å². The zero-order chi connectivity index (χ0) is 19.0. The summed E-state index contributed by atoms with van der Waals surface area (Å²) in [5.41, 5.74) is 3.22. The van der Waals surface area contributed by atoms with Crippen LogP contribution in [-0.4, -0.2) is 27.3 Å². The average Bonchev–Trinajstić information content (AvgIpc) is 3.12. The first-order chi connectivity index (χ1) is 12.3. The topological polar surface area (TPSA) is 79.6 Å². The van der Waals surface area contributed by atoms with Gasteiger partial charge in [0.25, 0.3) is 5.91 Å². The Morgan fingerprint density at radius 2 is 1.92 bits per heavy atom. The maximum atomic E-state index is 12.9. The number of anilines is 2. The van der Waals surface area contributed by atoms with Crippen LogP contribution in [0.3, 0.4) is 0 Å². The van der Waals surface area contributed by atoms with Gasteiger partial charge in [-0.25, -0.2) is 4.68 Å². The molecule has 2 aromatic rings. The van der Waals surface area contributed by atoms with Gasteiger partial charge in [-0.15, -0.1) is 0 Å². The first kappa shape index (κ1) is 17.8. The van der Waals surface area contributed by atoms with Crippen molar-refractivity contribution in [1.82, 2.24) is 9.78 Å². The Hall–Kier alpha value is -2.96. The minimum Gasteiger partial charge on any atom is -0.310 e. The van der Waals surface area contributed by atoms with Crippen molar-refractivity contribution in [1.29, 1.82) is 0 Å². The smallest absolute Gasteiger partial charge is 0.265 e. The van der Waals surface area contributed by atoms with Crippen molar-refractivity contribution in [2.75, 3.05) is 10.3 Å². The van der Waals surface area contributed by atoms with Crippen LogP contribution in [0.5, 0.6) is 0 Å². The van der Waals surface area contributed by atoms with E-state index in [4.69, 9.17) is 0 Å². The van der Waals surface area contributed by atoms with Crippen LogP contribution in [0.2, 0.25) is 0 Å². The van der Waals surface area contributed by atoms with Crippen LogP contribution in [0.4, 0.5) is 11.5 Å². The van der Waals surface area contributed by atoms with Crippen LogP contribution in [0, 0.1) is 19.8 Å². The maximum Gasteiger partial charge on any atom is 0.265 e. The lowest BCUT2D eigenvalue weighted by molar-refractivity contribution is -0.127. The highest BCUT2D eigenvalue weighted by atomic mass is 16.2. The number of rotatable bonds is 4. The van der Waals surface area contributed by atoms with Gasteiger partial charge in [0, 0.05) is 12.1 Å². The third-order valence-electron chi connectivity index (χ3n) is 4.38. The molecular weight excluding hydrogens is 330 g/mol. The molecule has 0 aliphatic carbocycles. The Morgan fingerprint density at radius 3 is 2.58 bits per heavy atom. The summed E-state index contributed by atoms with van der Waals surface area (Å²) in [5.74, 6) is -1.12. The van der Waals surface area contributed by atoms with Crippen molar-refractivity contribution < 1.29 is 9.59 Å². The average molecular weight is 353 g/mol. The minimum atomic E-state index is -0.939. The van der Waals surface area contributed by atoms with Crippen LogP contribution in [0.15, 0.2) is 35.6 Å². The molecule has 1 N–H and O–H groups in total. The Morgan fingerprint density at radius 1 is 1.19 bits per heavy atom. The van der Waals surface area contributed by atoms with Gasteiger partial charge in [0.05, 0.1) is 17.6 Å². The third-order valence-corrected chi connectivity index (χ3v) is 4.38. The zero-order valence-corrected chi connectivity index (χ0v) is 15.6. The van der Waals surface area contributed by atoms with Gasteiger partial charge >= 0.3 is 0 Å². The van der Waals surface area contributed by atoms with Crippen LogP contribution in [0.1, 0.15) is 37.9 Å². The number of benzene rings is 1. The van der Waals surface area contributed by atoms with Crippen molar-refractivity contribution in [3.63, 3.8) is 0 Å². The second kappa shape index (κ2) is 6.74. The lowest BCUT2D eigenvalue weighted by Gasteiger charge is -2.17. The second-order valence-corrected chi connectivity index (χ2v) is 6.86. The highest BCUT2D eigenvalue weighted by Gasteiger charge is 2.40. The number of carbonyl (C=O) groups is 2. The van der Waals surface area contributed by atoms with Crippen LogP contribution in [-0.2, 0) is 9.59 Å². The molecule has 2 amide bonds. The van der Waals surface area contributed by atoms with E-state index in [0.29, 0.717) is 17.2 Å². The molecule has 0 fully saturated rings. The molecule has 1 atom stereocenters. The molecule has 26 heavy (non-hydrogen) atoms. The van der Waals surface area contributed by atoms with Crippen molar-refractivity contribution in [3.05, 3.63) is 41.6 Å². The third kappa shape index (κ3) is 3.12. The second-order valence-electron chi connectivity index (χ2n) is 6.86. The standard InChI is InChI=1S/C19H23N5O2/c1-11(2)23-16(8-9-20-23)21-18(25)17-14(5)22-24(19(17)26)15-7-6-12(3)10-13(15)4/h6-11,17H,1-5H3,(H,21,25)/t17-/m1/s1. The van der Waals surface area contributed by atoms with Gasteiger partial charge in [-0.2, -0.15) is 15.2 Å². The van der Waals surface area contributed by atoms with Gasteiger partial charge in [-0.1, -0.05) is 17.7 Å². The Balaban J connectivity index is 1.83. The molecule has 136 valence electrons. The first-order valence-electron chi connectivity index (χ1n) is 8.60. The van der Waals surface area contributed by atoms with Crippen molar-refractivity contribution in [2.24, 2.45) is 11.0 Å². The van der Waals surface area contributed by atoms with E-state index in [1.807, 2.05) is 45.9 Å². The summed E-state index contributed by atoms with van der Waals surface area (Å²) in [7, 11) is 0. The van der Waals surface area contributed by atoms with Crippen molar-refractivity contribution >= 4 is 29.0 Å². The van der Waals surface area contributed by atoms with Gasteiger partial charge in [0.15, 0.2) is 5.92 Å². The summed E-state index contributed by atoms with van der Waals surface area (Å²) in [6.45, 7) is 9.56. The van der Waals surface area contributed by atoms with E-state index in [0.717, 1.165) is 11.1 Å². The van der Waals surface area contributed by atoms with E-state index in [1.165, 1.54) is 5.01 Å². The van der Waals surface area contributed by atoms with Crippen molar-refractivity contribution in [3.8, 4) is 0 Å². The van der Waals surface area contributed by atoms with E-state index in [-0.39, 0.29) is 11.9 Å². The number of hydrogen-bond donors (Lipinski definition) is 1. The van der Waals surface area contributed by atoms with Gasteiger partial charge < -0.3 is 5.32 Å². The number of aryl methyl sites for hydroxylation is 2. The van der Waals surface area contributed by atoms with Crippen molar-refractivity contribution in [2.45, 2.75) is 40.7 Å². The minimum absolute atomic E-state index is 0.0982. The molecule has 0 saturated heterocycles. The zero-order valence-electron chi connectivity index (χ0n) is 15.6. The highest BCUT2D eigenvalue weighted by Crippen LogP contribution is 2.28. The number of hydrogen-bond acceptors (Lipinski definition) is 4. The molecule has 1 aromatic carbocycles. The van der Waals surface area contributed by atoms with E-state index in [9.17, 15) is 9.59 Å².